The van der Waals surface area contributed by atoms with E-state index in [2.05, 4.69) is 15.9 Å². The van der Waals surface area contributed by atoms with E-state index in [4.69, 9.17) is 13.9 Å². The summed E-state index contributed by atoms with van der Waals surface area (Å²) in [5.74, 6) is 1.62. The lowest BCUT2D eigenvalue weighted by Crippen LogP contribution is -2.26. The van der Waals surface area contributed by atoms with Crippen LogP contribution in [0.2, 0.25) is 0 Å². The first-order chi connectivity index (χ1) is 12.4. The summed E-state index contributed by atoms with van der Waals surface area (Å²) in [5, 5.41) is 0.876. The molecular formula is C20H20BrNO4. The lowest BCUT2D eigenvalue weighted by atomic mass is 10.1. The highest BCUT2D eigenvalue weighted by atomic mass is 79.9. The van der Waals surface area contributed by atoms with E-state index in [-0.39, 0.29) is 5.91 Å². The van der Waals surface area contributed by atoms with Crippen molar-refractivity contribution in [3.8, 4) is 11.5 Å². The number of amides is 1. The molecule has 0 unspecified atom stereocenters. The van der Waals surface area contributed by atoms with Gasteiger partial charge in [-0.15, -0.1) is 0 Å². The van der Waals surface area contributed by atoms with Crippen molar-refractivity contribution in [3.05, 3.63) is 57.8 Å². The number of carbonyl (C=O) groups excluding carboxylic acids is 1. The van der Waals surface area contributed by atoms with Crippen LogP contribution in [0.1, 0.15) is 21.7 Å². The summed E-state index contributed by atoms with van der Waals surface area (Å²) in [6.07, 6.45) is 0. The van der Waals surface area contributed by atoms with Gasteiger partial charge in [0, 0.05) is 34.6 Å². The molecule has 5 nitrogen and oxygen atoms in total. The molecule has 3 rings (SSSR count). The van der Waals surface area contributed by atoms with Crippen molar-refractivity contribution in [1.29, 1.82) is 0 Å². The van der Waals surface area contributed by atoms with Crippen molar-refractivity contribution in [2.24, 2.45) is 0 Å². The fraction of sp³-hybridized carbons (Fsp3) is 0.250. The van der Waals surface area contributed by atoms with Crippen molar-refractivity contribution in [1.82, 2.24) is 4.90 Å². The number of methoxy groups -OCH3 is 2. The van der Waals surface area contributed by atoms with Crippen LogP contribution in [-0.4, -0.2) is 32.1 Å². The molecule has 2 aromatic carbocycles. The highest BCUT2D eigenvalue weighted by Crippen LogP contribution is 2.30. The van der Waals surface area contributed by atoms with Gasteiger partial charge in [0.05, 0.1) is 14.2 Å². The van der Waals surface area contributed by atoms with Gasteiger partial charge in [-0.3, -0.25) is 4.79 Å². The number of ether oxygens (including phenoxy) is 2. The van der Waals surface area contributed by atoms with Gasteiger partial charge in [0.1, 0.15) is 17.1 Å². The molecule has 0 N–H and O–H groups in total. The number of halogens is 1. The predicted molar refractivity (Wildman–Crippen MR) is 104 cm³/mol. The molecule has 0 aliphatic heterocycles. The van der Waals surface area contributed by atoms with Crippen LogP contribution in [0.3, 0.4) is 0 Å². The van der Waals surface area contributed by atoms with Gasteiger partial charge in [-0.25, -0.2) is 0 Å². The van der Waals surface area contributed by atoms with Crippen LogP contribution in [-0.2, 0) is 6.54 Å². The van der Waals surface area contributed by atoms with E-state index < -0.39 is 0 Å². The van der Waals surface area contributed by atoms with Crippen molar-refractivity contribution in [2.45, 2.75) is 13.5 Å². The highest BCUT2D eigenvalue weighted by molar-refractivity contribution is 9.10. The van der Waals surface area contributed by atoms with Crippen molar-refractivity contribution in [2.75, 3.05) is 21.3 Å². The topological polar surface area (TPSA) is 51.9 Å². The average Bonchev–Trinajstić information content (AvgIpc) is 2.97. The second-order valence-corrected chi connectivity index (χ2v) is 6.95. The molecule has 0 saturated heterocycles. The van der Waals surface area contributed by atoms with Gasteiger partial charge in [0.15, 0.2) is 5.76 Å². The molecule has 136 valence electrons. The Hall–Kier alpha value is -2.47. The number of aryl methyl sites for hydroxylation is 1. The quantitative estimate of drug-likeness (QED) is 0.598. The van der Waals surface area contributed by atoms with Gasteiger partial charge >= 0.3 is 0 Å². The summed E-state index contributed by atoms with van der Waals surface area (Å²) in [5.41, 5.74) is 2.38. The lowest BCUT2D eigenvalue weighted by molar-refractivity contribution is 0.0754. The van der Waals surface area contributed by atoms with Crippen LogP contribution in [0.5, 0.6) is 11.5 Å². The molecular weight excluding hydrogens is 398 g/mol. The summed E-state index contributed by atoms with van der Waals surface area (Å²) >= 11 is 3.46. The fourth-order valence-electron chi connectivity index (χ4n) is 2.90. The van der Waals surface area contributed by atoms with E-state index in [1.807, 2.05) is 43.3 Å². The largest absolute Gasteiger partial charge is 0.497 e. The Bertz CT molecular complexity index is 964. The zero-order valence-electron chi connectivity index (χ0n) is 15.1. The lowest BCUT2D eigenvalue weighted by Gasteiger charge is -2.18. The number of hydrogen-bond acceptors (Lipinski definition) is 4. The van der Waals surface area contributed by atoms with Crippen molar-refractivity contribution < 1.29 is 18.7 Å². The van der Waals surface area contributed by atoms with Crippen LogP contribution in [0, 0.1) is 6.92 Å². The number of hydrogen-bond donors (Lipinski definition) is 0. The molecule has 0 bridgehead atoms. The Balaban J connectivity index is 1.90. The molecule has 1 heterocycles. The summed E-state index contributed by atoms with van der Waals surface area (Å²) in [6.45, 7) is 2.29. The molecule has 3 aromatic rings. The SMILES string of the molecule is COc1ccc2oc(C(=O)N(C)Cc3cc(Br)ccc3OC)c(C)c2c1. The van der Waals surface area contributed by atoms with Crippen LogP contribution >= 0.6 is 15.9 Å². The van der Waals surface area contributed by atoms with Gasteiger partial charge in [-0.2, -0.15) is 0 Å². The third-order valence-corrected chi connectivity index (χ3v) is 4.83. The third-order valence-electron chi connectivity index (χ3n) is 4.33. The fourth-order valence-corrected chi connectivity index (χ4v) is 3.31. The van der Waals surface area contributed by atoms with E-state index in [0.717, 1.165) is 32.5 Å². The monoisotopic (exact) mass is 417 g/mol. The van der Waals surface area contributed by atoms with Crippen LogP contribution in [0.4, 0.5) is 0 Å². The Morgan fingerprint density at radius 1 is 1.15 bits per heavy atom. The second kappa shape index (κ2) is 7.41. The van der Waals surface area contributed by atoms with Crippen molar-refractivity contribution >= 4 is 32.8 Å². The Labute approximate surface area is 160 Å². The summed E-state index contributed by atoms with van der Waals surface area (Å²) in [7, 11) is 4.98. The number of fused-ring (bicyclic) bond motifs is 1. The van der Waals surface area contributed by atoms with Crippen LogP contribution in [0.25, 0.3) is 11.0 Å². The predicted octanol–water partition coefficient (Wildman–Crippen LogP) is 4.79. The van der Waals surface area contributed by atoms with E-state index in [1.165, 1.54) is 0 Å². The maximum absolute atomic E-state index is 12.9. The van der Waals surface area contributed by atoms with Gasteiger partial charge in [-0.1, -0.05) is 15.9 Å². The van der Waals surface area contributed by atoms with E-state index >= 15 is 0 Å². The van der Waals surface area contributed by atoms with Gasteiger partial charge in [0.25, 0.3) is 5.91 Å². The number of benzene rings is 2. The Morgan fingerprint density at radius 2 is 1.92 bits per heavy atom. The molecule has 26 heavy (non-hydrogen) atoms. The summed E-state index contributed by atoms with van der Waals surface area (Å²) in [4.78, 5) is 14.5. The van der Waals surface area contributed by atoms with E-state index in [9.17, 15) is 4.79 Å². The van der Waals surface area contributed by atoms with Gasteiger partial charge in [0.2, 0.25) is 0 Å². The molecule has 6 heteroatoms. The van der Waals surface area contributed by atoms with Crippen LogP contribution in [0.15, 0.2) is 45.3 Å². The minimum Gasteiger partial charge on any atom is -0.497 e. The summed E-state index contributed by atoms with van der Waals surface area (Å²) < 4.78 is 17.4. The molecule has 0 radical (unpaired) electrons. The first-order valence-corrected chi connectivity index (χ1v) is 8.89. The minimum absolute atomic E-state index is 0.181. The Kier molecular flexibility index (Phi) is 5.23. The van der Waals surface area contributed by atoms with Crippen LogP contribution < -0.4 is 9.47 Å². The first kappa shape index (κ1) is 18.3. The van der Waals surface area contributed by atoms with Crippen molar-refractivity contribution in [3.63, 3.8) is 0 Å². The average molecular weight is 418 g/mol. The molecule has 0 atom stereocenters. The molecule has 0 spiro atoms. The highest BCUT2D eigenvalue weighted by Gasteiger charge is 2.22. The second-order valence-electron chi connectivity index (χ2n) is 6.04. The third kappa shape index (κ3) is 3.42. The number of rotatable bonds is 5. The molecule has 1 aromatic heterocycles. The van der Waals surface area contributed by atoms with E-state index in [1.54, 1.807) is 26.2 Å². The normalized spacial score (nSPS) is 10.8. The summed E-state index contributed by atoms with van der Waals surface area (Å²) in [6, 6.07) is 11.2. The molecule has 1 amide bonds. The molecule has 0 fully saturated rings. The number of nitrogens with zero attached hydrogens (tertiary/aromatic N) is 1. The maximum atomic E-state index is 12.9. The first-order valence-electron chi connectivity index (χ1n) is 8.09. The molecule has 0 aliphatic rings. The number of carbonyl (C=O) groups is 1. The molecule has 0 aliphatic carbocycles. The Morgan fingerprint density at radius 3 is 2.62 bits per heavy atom. The van der Waals surface area contributed by atoms with Gasteiger partial charge in [-0.05, 0) is 43.3 Å². The minimum atomic E-state index is -0.181. The van der Waals surface area contributed by atoms with Gasteiger partial charge < -0.3 is 18.8 Å². The molecule has 0 saturated carbocycles. The standard InChI is InChI=1S/C20H20BrNO4/c1-12-16-10-15(24-3)6-8-18(16)26-19(12)20(23)22(2)11-13-9-14(21)5-7-17(13)25-4/h5-10H,11H2,1-4H3. The zero-order valence-corrected chi connectivity index (χ0v) is 16.7. The maximum Gasteiger partial charge on any atom is 0.289 e. The number of furan rings is 1. The zero-order chi connectivity index (χ0) is 18.8. The van der Waals surface area contributed by atoms with E-state index in [0.29, 0.717) is 17.9 Å². The smallest absolute Gasteiger partial charge is 0.289 e.